The summed E-state index contributed by atoms with van der Waals surface area (Å²) >= 11 is 0. The molecule has 1 aromatic rings. The number of rotatable bonds is 3. The highest BCUT2D eigenvalue weighted by Crippen LogP contribution is 2.22. The minimum absolute atomic E-state index is 0.0104. The van der Waals surface area contributed by atoms with E-state index in [1.807, 2.05) is 0 Å². The predicted octanol–water partition coefficient (Wildman–Crippen LogP) is -0.849. The van der Waals surface area contributed by atoms with Crippen molar-refractivity contribution < 1.29 is 24.4 Å². The summed E-state index contributed by atoms with van der Waals surface area (Å²) in [5.74, 6) is -2.60. The molecule has 0 aliphatic carbocycles. The lowest BCUT2D eigenvalue weighted by molar-refractivity contribution is -0.385. The molecule has 1 aromatic heterocycles. The van der Waals surface area contributed by atoms with E-state index >= 15 is 0 Å². The Morgan fingerprint density at radius 2 is 2.00 bits per heavy atom. The number of carbonyl (C=O) groups excluding carboxylic acids is 2. The molecule has 10 heteroatoms. The highest BCUT2D eigenvalue weighted by molar-refractivity contribution is 6.02. The molecule has 10 nitrogen and oxygen atoms in total. The van der Waals surface area contributed by atoms with Gasteiger partial charge in [-0.3, -0.25) is 25.0 Å². The molecular formula is C10H8N4O6. The number of amides is 2. The Hall–Kier alpha value is -3.04. The number of nitrogens with zero attached hydrogens (tertiary/aromatic N) is 3. The van der Waals surface area contributed by atoms with Crippen LogP contribution in [0.25, 0.3) is 0 Å². The maximum atomic E-state index is 11.2. The van der Waals surface area contributed by atoms with Crippen LogP contribution in [0, 0.1) is 10.1 Å². The highest BCUT2D eigenvalue weighted by atomic mass is 16.6. The van der Waals surface area contributed by atoms with Crippen LogP contribution in [0.2, 0.25) is 0 Å². The number of carboxylic acid groups (broad SMARTS) is 1. The Bertz CT molecular complexity index is 612. The molecule has 0 aromatic carbocycles. The van der Waals surface area contributed by atoms with Crippen LogP contribution in [-0.4, -0.2) is 45.9 Å². The molecule has 0 atom stereocenters. The number of hydrogen-bond donors (Lipinski definition) is 2. The quantitative estimate of drug-likeness (QED) is 0.414. The first-order chi connectivity index (χ1) is 9.38. The lowest BCUT2D eigenvalue weighted by Gasteiger charge is -2.26. The van der Waals surface area contributed by atoms with Crippen molar-refractivity contribution >= 4 is 29.3 Å². The van der Waals surface area contributed by atoms with Crippen molar-refractivity contribution in [2.24, 2.45) is 0 Å². The molecular weight excluding hydrogens is 272 g/mol. The van der Waals surface area contributed by atoms with E-state index in [9.17, 15) is 24.5 Å². The van der Waals surface area contributed by atoms with Crippen molar-refractivity contribution in [2.45, 2.75) is 0 Å². The normalized spacial score (nSPS) is 14.9. The lowest BCUT2D eigenvalue weighted by atomic mass is 10.2. The summed E-state index contributed by atoms with van der Waals surface area (Å²) in [5, 5.41) is 21.7. The van der Waals surface area contributed by atoms with Gasteiger partial charge in [-0.05, 0) is 0 Å². The van der Waals surface area contributed by atoms with E-state index in [1.54, 1.807) is 0 Å². The number of aromatic carboxylic acids is 1. The van der Waals surface area contributed by atoms with Gasteiger partial charge in [0.1, 0.15) is 17.6 Å². The largest absolute Gasteiger partial charge is 0.477 e. The third-order valence-electron chi connectivity index (χ3n) is 2.57. The summed E-state index contributed by atoms with van der Waals surface area (Å²) in [6.07, 6.45) is 0.787. The Morgan fingerprint density at radius 3 is 2.50 bits per heavy atom. The van der Waals surface area contributed by atoms with Gasteiger partial charge < -0.3 is 10.0 Å². The van der Waals surface area contributed by atoms with Crippen molar-refractivity contribution in [1.82, 2.24) is 10.3 Å². The van der Waals surface area contributed by atoms with Gasteiger partial charge in [0.15, 0.2) is 0 Å². The second-order valence-electron chi connectivity index (χ2n) is 3.95. The number of anilines is 1. The minimum atomic E-state index is -1.49. The zero-order valence-electron chi connectivity index (χ0n) is 9.90. The Kier molecular flexibility index (Phi) is 3.29. The van der Waals surface area contributed by atoms with E-state index in [-0.39, 0.29) is 18.9 Å². The lowest BCUT2D eigenvalue weighted by Crippen LogP contribution is -2.51. The number of aromatic nitrogens is 1. The van der Waals surface area contributed by atoms with Gasteiger partial charge in [0, 0.05) is 6.07 Å². The topological polar surface area (TPSA) is 143 Å². The second-order valence-corrected chi connectivity index (χ2v) is 3.95. The van der Waals surface area contributed by atoms with E-state index in [0.717, 1.165) is 12.3 Å². The number of carboxylic acids is 1. The summed E-state index contributed by atoms with van der Waals surface area (Å²) in [5.41, 5.74) is -1.22. The highest BCUT2D eigenvalue weighted by Gasteiger charge is 2.27. The fourth-order valence-corrected chi connectivity index (χ4v) is 1.73. The number of carbonyl (C=O) groups is 3. The number of piperazine rings is 1. The predicted molar refractivity (Wildman–Crippen MR) is 63.2 cm³/mol. The van der Waals surface area contributed by atoms with Crippen molar-refractivity contribution in [3.8, 4) is 0 Å². The van der Waals surface area contributed by atoms with Crippen molar-refractivity contribution in [2.75, 3.05) is 18.0 Å². The molecule has 1 saturated heterocycles. The van der Waals surface area contributed by atoms with E-state index < -0.39 is 34.0 Å². The third-order valence-corrected chi connectivity index (χ3v) is 2.57. The molecule has 2 heterocycles. The number of pyridine rings is 1. The first-order valence-corrected chi connectivity index (χ1v) is 5.34. The number of nitrogens with one attached hydrogen (secondary N) is 1. The smallest absolute Gasteiger partial charge is 0.342 e. The van der Waals surface area contributed by atoms with Gasteiger partial charge in [0.2, 0.25) is 11.8 Å². The van der Waals surface area contributed by atoms with Crippen LogP contribution >= 0.6 is 0 Å². The summed E-state index contributed by atoms with van der Waals surface area (Å²) in [6, 6.07) is 0.965. The first-order valence-electron chi connectivity index (χ1n) is 5.34. The van der Waals surface area contributed by atoms with Crippen LogP contribution in [0.1, 0.15) is 10.4 Å². The van der Waals surface area contributed by atoms with Crippen LogP contribution in [0.5, 0.6) is 0 Å². The van der Waals surface area contributed by atoms with E-state index in [0.29, 0.717) is 0 Å². The molecule has 2 N–H and O–H groups in total. The molecule has 0 bridgehead atoms. The summed E-state index contributed by atoms with van der Waals surface area (Å²) in [6.45, 7) is -0.370. The Morgan fingerprint density at radius 1 is 1.40 bits per heavy atom. The maximum Gasteiger partial charge on any atom is 0.342 e. The van der Waals surface area contributed by atoms with Crippen LogP contribution in [-0.2, 0) is 9.59 Å². The summed E-state index contributed by atoms with van der Waals surface area (Å²) in [7, 11) is 0. The summed E-state index contributed by atoms with van der Waals surface area (Å²) in [4.78, 5) is 48.2. The molecule has 0 spiro atoms. The van der Waals surface area contributed by atoms with Crippen molar-refractivity contribution in [3.05, 3.63) is 27.9 Å². The average molecular weight is 280 g/mol. The number of nitro groups is 1. The molecule has 20 heavy (non-hydrogen) atoms. The molecule has 1 aliphatic heterocycles. The molecule has 0 saturated carbocycles. The van der Waals surface area contributed by atoms with Crippen molar-refractivity contribution in [1.29, 1.82) is 0 Å². The van der Waals surface area contributed by atoms with Gasteiger partial charge in [-0.1, -0.05) is 0 Å². The zero-order chi connectivity index (χ0) is 14.9. The van der Waals surface area contributed by atoms with E-state index in [4.69, 9.17) is 5.11 Å². The molecule has 0 unspecified atom stereocenters. The molecule has 1 fully saturated rings. The number of hydrogen-bond acceptors (Lipinski definition) is 7. The average Bonchev–Trinajstić information content (AvgIpc) is 2.36. The molecule has 2 rings (SSSR count). The fourth-order valence-electron chi connectivity index (χ4n) is 1.73. The minimum Gasteiger partial charge on any atom is -0.477 e. The van der Waals surface area contributed by atoms with Gasteiger partial charge in [-0.2, -0.15) is 0 Å². The first kappa shape index (κ1) is 13.4. The third kappa shape index (κ3) is 2.53. The van der Waals surface area contributed by atoms with Gasteiger partial charge in [-0.15, -0.1) is 0 Å². The van der Waals surface area contributed by atoms with E-state index in [2.05, 4.69) is 10.3 Å². The fraction of sp³-hybridized carbons (Fsp3) is 0.200. The van der Waals surface area contributed by atoms with Crippen molar-refractivity contribution in [3.63, 3.8) is 0 Å². The number of imide groups is 1. The summed E-state index contributed by atoms with van der Waals surface area (Å²) < 4.78 is 0. The molecule has 0 radical (unpaired) electrons. The SMILES string of the molecule is O=C1CN(c2cc(C(=O)O)c([N+](=O)[O-])cn2)CC(=O)N1. The van der Waals surface area contributed by atoms with Crippen LogP contribution in [0.4, 0.5) is 11.5 Å². The maximum absolute atomic E-state index is 11.2. The molecule has 1 aliphatic rings. The monoisotopic (exact) mass is 280 g/mol. The Labute approximate surface area is 111 Å². The van der Waals surface area contributed by atoms with Gasteiger partial charge in [0.05, 0.1) is 18.0 Å². The standard InChI is InChI=1S/C10H8N4O6/c15-8-3-13(4-9(16)12-8)7-1-5(10(17)18)6(2-11-7)14(19)20/h1-2H,3-4H2,(H,17,18)(H,12,15,16). The Balaban J connectivity index is 2.40. The van der Waals surface area contributed by atoms with Crippen LogP contribution in [0.15, 0.2) is 12.3 Å². The van der Waals surface area contributed by atoms with E-state index in [1.165, 1.54) is 4.90 Å². The molecule has 104 valence electrons. The molecule has 2 amide bonds. The second kappa shape index (κ2) is 4.91. The van der Waals surface area contributed by atoms with Gasteiger partial charge >= 0.3 is 11.7 Å². The van der Waals surface area contributed by atoms with Crippen LogP contribution in [0.3, 0.4) is 0 Å². The van der Waals surface area contributed by atoms with Crippen LogP contribution < -0.4 is 10.2 Å². The van der Waals surface area contributed by atoms with Gasteiger partial charge in [0.25, 0.3) is 0 Å². The zero-order valence-corrected chi connectivity index (χ0v) is 9.90. The van der Waals surface area contributed by atoms with Gasteiger partial charge in [-0.25, -0.2) is 9.78 Å².